The Balaban J connectivity index is 2.08. The first-order chi connectivity index (χ1) is 12.8. The van der Waals surface area contributed by atoms with E-state index in [-0.39, 0.29) is 5.56 Å². The van der Waals surface area contributed by atoms with Gasteiger partial charge in [-0.1, -0.05) is 78.9 Å². The van der Waals surface area contributed by atoms with Crippen molar-refractivity contribution < 1.29 is 0 Å². The van der Waals surface area contributed by atoms with Crippen molar-refractivity contribution in [3.05, 3.63) is 107 Å². The molecule has 0 aliphatic rings. The summed E-state index contributed by atoms with van der Waals surface area (Å²) >= 11 is 0. The Morgan fingerprint density at radius 1 is 0.769 bits per heavy atom. The normalized spacial score (nSPS) is 10.6. The van der Waals surface area contributed by atoms with Crippen LogP contribution in [0.2, 0.25) is 0 Å². The molecular weight excluding hydrogens is 320 g/mol. The summed E-state index contributed by atoms with van der Waals surface area (Å²) in [5.41, 5.74) is 2.98. The van der Waals surface area contributed by atoms with E-state index in [2.05, 4.69) is 6.07 Å². The lowest BCUT2D eigenvalue weighted by Gasteiger charge is -2.16. The van der Waals surface area contributed by atoms with Gasteiger partial charge in [-0.25, -0.2) is 0 Å². The molecule has 0 unspecified atom stereocenters. The first-order valence-electron chi connectivity index (χ1n) is 8.44. The Morgan fingerprint density at radius 3 is 2.00 bits per heavy atom. The summed E-state index contributed by atoms with van der Waals surface area (Å²) in [6, 6.07) is 29.3. The Labute approximate surface area is 151 Å². The molecule has 26 heavy (non-hydrogen) atoms. The van der Waals surface area contributed by atoms with E-state index in [1.165, 1.54) is 0 Å². The van der Waals surface area contributed by atoms with Crippen molar-refractivity contribution in [2.24, 2.45) is 0 Å². The van der Waals surface area contributed by atoms with Gasteiger partial charge < -0.3 is 0 Å². The summed E-state index contributed by atoms with van der Waals surface area (Å²) in [7, 11) is 0. The highest BCUT2D eigenvalue weighted by Crippen LogP contribution is 2.30. The second-order valence-electron chi connectivity index (χ2n) is 6.12. The van der Waals surface area contributed by atoms with Crippen LogP contribution in [0.5, 0.6) is 0 Å². The van der Waals surface area contributed by atoms with Gasteiger partial charge in [0.1, 0.15) is 11.8 Å². The Morgan fingerprint density at radius 2 is 1.35 bits per heavy atom. The number of pyridine rings is 1. The van der Waals surface area contributed by atoms with Crippen LogP contribution >= 0.6 is 0 Å². The van der Waals surface area contributed by atoms with Crippen LogP contribution in [0.3, 0.4) is 0 Å². The van der Waals surface area contributed by atoms with Crippen molar-refractivity contribution in [2.45, 2.75) is 6.54 Å². The molecule has 0 aliphatic heterocycles. The molecule has 0 saturated heterocycles. The fourth-order valence-electron chi connectivity index (χ4n) is 3.33. The fraction of sp³-hybridized carbons (Fsp3) is 0.0435. The fourth-order valence-corrected chi connectivity index (χ4v) is 3.33. The minimum absolute atomic E-state index is 0.138. The van der Waals surface area contributed by atoms with E-state index in [1.54, 1.807) is 4.57 Å². The maximum absolute atomic E-state index is 13.1. The van der Waals surface area contributed by atoms with Crippen molar-refractivity contribution in [1.82, 2.24) is 4.57 Å². The lowest BCUT2D eigenvalue weighted by molar-refractivity contribution is 0.757. The van der Waals surface area contributed by atoms with E-state index in [1.807, 2.05) is 84.9 Å². The average Bonchev–Trinajstić information content (AvgIpc) is 2.71. The number of nitrogens with zero attached hydrogens (tertiary/aromatic N) is 2. The number of hydrogen-bond donors (Lipinski definition) is 0. The summed E-state index contributed by atoms with van der Waals surface area (Å²) in [5, 5.41) is 11.3. The lowest BCUT2D eigenvalue weighted by atomic mass is 9.97. The number of rotatable bonds is 3. The molecule has 3 aromatic carbocycles. The molecule has 3 heteroatoms. The van der Waals surface area contributed by atoms with E-state index < -0.39 is 0 Å². The molecule has 0 bridgehead atoms. The van der Waals surface area contributed by atoms with Gasteiger partial charge in [0.05, 0.1) is 6.54 Å². The van der Waals surface area contributed by atoms with Gasteiger partial charge in [-0.05, 0) is 22.6 Å². The van der Waals surface area contributed by atoms with Crippen LogP contribution < -0.4 is 5.56 Å². The molecule has 0 radical (unpaired) electrons. The number of hydrogen-bond acceptors (Lipinski definition) is 2. The zero-order valence-electron chi connectivity index (χ0n) is 14.1. The summed E-state index contributed by atoms with van der Waals surface area (Å²) in [4.78, 5) is 13.1. The molecule has 1 heterocycles. The second-order valence-corrected chi connectivity index (χ2v) is 6.12. The molecule has 4 rings (SSSR count). The van der Waals surface area contributed by atoms with Crippen LogP contribution in [0.25, 0.3) is 21.9 Å². The third kappa shape index (κ3) is 2.68. The molecule has 0 fully saturated rings. The van der Waals surface area contributed by atoms with Crippen LogP contribution in [0.15, 0.2) is 89.7 Å². The molecule has 0 amide bonds. The Bertz CT molecular complexity index is 1170. The zero-order chi connectivity index (χ0) is 17.9. The number of aromatic nitrogens is 1. The second kappa shape index (κ2) is 6.70. The smallest absolute Gasteiger partial charge is 0.259 e. The predicted molar refractivity (Wildman–Crippen MR) is 104 cm³/mol. The van der Waals surface area contributed by atoms with E-state index in [9.17, 15) is 10.1 Å². The van der Waals surface area contributed by atoms with Crippen molar-refractivity contribution in [3.63, 3.8) is 0 Å². The van der Waals surface area contributed by atoms with Gasteiger partial charge in [-0.3, -0.25) is 9.36 Å². The molecule has 124 valence electrons. The van der Waals surface area contributed by atoms with Gasteiger partial charge in [0.2, 0.25) is 0 Å². The van der Waals surface area contributed by atoms with Crippen molar-refractivity contribution in [2.75, 3.05) is 0 Å². The first-order valence-corrected chi connectivity index (χ1v) is 8.44. The quantitative estimate of drug-likeness (QED) is 0.549. The van der Waals surface area contributed by atoms with E-state index >= 15 is 0 Å². The summed E-state index contributed by atoms with van der Waals surface area (Å²) in [6.07, 6.45) is 0. The van der Waals surface area contributed by atoms with Gasteiger partial charge in [0, 0.05) is 10.9 Å². The van der Waals surface area contributed by atoms with Gasteiger partial charge in [-0.2, -0.15) is 5.26 Å². The number of benzene rings is 3. The number of fused-ring (bicyclic) bond motifs is 1. The van der Waals surface area contributed by atoms with E-state index in [0.717, 1.165) is 22.1 Å². The first kappa shape index (κ1) is 15.9. The minimum Gasteiger partial charge on any atom is -0.294 e. The van der Waals surface area contributed by atoms with Crippen LogP contribution in [0.4, 0.5) is 0 Å². The molecule has 3 nitrogen and oxygen atoms in total. The molecule has 0 aliphatic carbocycles. The van der Waals surface area contributed by atoms with E-state index in [0.29, 0.717) is 17.6 Å². The molecule has 0 spiro atoms. The topological polar surface area (TPSA) is 45.8 Å². The van der Waals surface area contributed by atoms with Gasteiger partial charge in [0.15, 0.2) is 0 Å². The van der Waals surface area contributed by atoms with Gasteiger partial charge in [0.25, 0.3) is 5.56 Å². The van der Waals surface area contributed by atoms with Crippen LogP contribution in [0.1, 0.15) is 11.3 Å². The SMILES string of the molecule is N#Cc1c(-c2ccccc2)c2ccccc2c(=O)n1Cc1ccccc1. The van der Waals surface area contributed by atoms with Gasteiger partial charge in [-0.15, -0.1) is 0 Å². The van der Waals surface area contributed by atoms with Crippen LogP contribution in [0, 0.1) is 11.3 Å². The predicted octanol–water partition coefficient (Wildman–Crippen LogP) is 4.59. The van der Waals surface area contributed by atoms with Gasteiger partial charge >= 0.3 is 0 Å². The standard InChI is InChI=1S/C23H16N2O/c24-15-21-22(18-11-5-2-6-12-18)19-13-7-8-14-20(19)23(26)25(21)16-17-9-3-1-4-10-17/h1-14H,16H2. The summed E-state index contributed by atoms with van der Waals surface area (Å²) in [5.74, 6) is 0. The molecule has 0 atom stereocenters. The molecule has 0 saturated carbocycles. The maximum atomic E-state index is 13.1. The Kier molecular flexibility index (Phi) is 4.09. The van der Waals surface area contributed by atoms with Crippen molar-refractivity contribution in [1.29, 1.82) is 5.26 Å². The third-order valence-electron chi connectivity index (χ3n) is 4.53. The summed E-state index contributed by atoms with van der Waals surface area (Å²) in [6.45, 7) is 0.368. The van der Waals surface area contributed by atoms with Crippen molar-refractivity contribution >= 4 is 10.8 Å². The zero-order valence-corrected chi connectivity index (χ0v) is 14.1. The number of nitriles is 1. The van der Waals surface area contributed by atoms with Crippen LogP contribution in [-0.4, -0.2) is 4.57 Å². The highest BCUT2D eigenvalue weighted by atomic mass is 16.1. The average molecular weight is 336 g/mol. The van der Waals surface area contributed by atoms with Crippen molar-refractivity contribution in [3.8, 4) is 17.2 Å². The molecular formula is C23H16N2O. The maximum Gasteiger partial charge on any atom is 0.259 e. The monoisotopic (exact) mass is 336 g/mol. The highest BCUT2D eigenvalue weighted by Gasteiger charge is 2.17. The highest BCUT2D eigenvalue weighted by molar-refractivity contribution is 5.98. The summed E-state index contributed by atoms with van der Waals surface area (Å²) < 4.78 is 1.58. The largest absolute Gasteiger partial charge is 0.294 e. The van der Waals surface area contributed by atoms with Crippen LogP contribution in [-0.2, 0) is 6.54 Å². The Hall–Kier alpha value is -3.64. The molecule has 0 N–H and O–H groups in total. The lowest BCUT2D eigenvalue weighted by Crippen LogP contribution is -2.24. The molecule has 1 aromatic heterocycles. The van der Waals surface area contributed by atoms with E-state index in [4.69, 9.17) is 0 Å². The molecule has 4 aromatic rings. The third-order valence-corrected chi connectivity index (χ3v) is 4.53. The minimum atomic E-state index is -0.138.